The molecule has 8 nitrogen and oxygen atoms in total. The number of nitrogens with two attached hydrogens (primary N) is 3. The van der Waals surface area contributed by atoms with E-state index in [1.165, 1.54) is 18.2 Å². The smallest absolute Gasteiger partial charge is 0.269 e. The van der Waals surface area contributed by atoms with E-state index in [4.69, 9.17) is 17.2 Å². The van der Waals surface area contributed by atoms with Crippen molar-refractivity contribution in [3.05, 3.63) is 68.8 Å². The molecule has 2 rings (SSSR count). The zero-order valence-corrected chi connectivity index (χ0v) is 13.3. The average Bonchev–Trinajstić information content (AvgIpc) is 2.46. The van der Waals surface area contributed by atoms with Gasteiger partial charge in [-0.25, -0.2) is 0 Å². The maximum Gasteiger partial charge on any atom is 0.269 e. The minimum atomic E-state index is -0.576. The van der Waals surface area contributed by atoms with Crippen LogP contribution in [0.5, 0.6) is 0 Å². The van der Waals surface area contributed by atoms with Crippen molar-refractivity contribution < 1.29 is 14.5 Å². The Morgan fingerprint density at radius 3 is 1.75 bits per heavy atom. The van der Waals surface area contributed by atoms with Crippen molar-refractivity contribution in [3.8, 4) is 0 Å². The molecule has 24 heavy (non-hydrogen) atoms. The van der Waals surface area contributed by atoms with Gasteiger partial charge in [-0.3, -0.25) is 19.7 Å². The summed E-state index contributed by atoms with van der Waals surface area (Å²) in [7, 11) is 0. The molecule has 0 atom stereocenters. The van der Waals surface area contributed by atoms with E-state index in [1.807, 2.05) is 0 Å². The lowest BCUT2D eigenvalue weighted by Gasteiger charge is -2.00. The Labute approximate surface area is 138 Å². The van der Waals surface area contributed by atoms with Crippen LogP contribution in [0.1, 0.15) is 31.8 Å². The molecule has 0 heterocycles. The fourth-order valence-corrected chi connectivity index (χ4v) is 2.00. The summed E-state index contributed by atoms with van der Waals surface area (Å²) in [4.78, 5) is 31.3. The molecule has 0 radical (unpaired) electrons. The summed E-state index contributed by atoms with van der Waals surface area (Å²) in [5, 5.41) is 10.3. The molecule has 0 aromatic heterocycles. The SMILES string of the molecule is Cc1cc(N)ccc1C(N)=O.Cc1cc([N+](=O)[O-])ccc1C(N)=O. The number of hydrogen-bond donors (Lipinski definition) is 3. The van der Waals surface area contributed by atoms with E-state index < -0.39 is 16.7 Å². The van der Waals surface area contributed by atoms with Gasteiger partial charge in [0.25, 0.3) is 5.69 Å². The van der Waals surface area contributed by atoms with Crippen LogP contribution < -0.4 is 17.2 Å². The Hall–Kier alpha value is -3.42. The van der Waals surface area contributed by atoms with Crippen molar-refractivity contribution in [2.75, 3.05) is 5.73 Å². The third kappa shape index (κ3) is 4.80. The third-order valence-electron chi connectivity index (χ3n) is 3.20. The number of nitrogens with zero attached hydrogens (tertiary/aromatic N) is 1. The van der Waals surface area contributed by atoms with Gasteiger partial charge in [-0.15, -0.1) is 0 Å². The zero-order valence-electron chi connectivity index (χ0n) is 13.3. The van der Waals surface area contributed by atoms with Crippen LogP contribution in [0.3, 0.4) is 0 Å². The molecule has 6 N–H and O–H groups in total. The fraction of sp³-hybridized carbons (Fsp3) is 0.125. The molecule has 0 saturated heterocycles. The van der Waals surface area contributed by atoms with Gasteiger partial charge in [0.05, 0.1) is 4.92 Å². The highest BCUT2D eigenvalue weighted by atomic mass is 16.6. The average molecular weight is 330 g/mol. The maximum absolute atomic E-state index is 10.8. The number of amides is 2. The summed E-state index contributed by atoms with van der Waals surface area (Å²) in [6.07, 6.45) is 0. The molecule has 0 aliphatic carbocycles. The predicted molar refractivity (Wildman–Crippen MR) is 90.5 cm³/mol. The molecule has 2 aromatic carbocycles. The van der Waals surface area contributed by atoms with Gasteiger partial charge in [0.1, 0.15) is 0 Å². The number of anilines is 1. The van der Waals surface area contributed by atoms with Gasteiger partial charge < -0.3 is 17.2 Å². The van der Waals surface area contributed by atoms with E-state index in [9.17, 15) is 19.7 Å². The summed E-state index contributed by atoms with van der Waals surface area (Å²) in [5.41, 5.74) is 18.4. The van der Waals surface area contributed by atoms with Gasteiger partial charge >= 0.3 is 0 Å². The molecule has 0 aliphatic heterocycles. The highest BCUT2D eigenvalue weighted by Crippen LogP contribution is 2.16. The Kier molecular flexibility index (Phi) is 6.00. The number of non-ortho nitro benzene ring substituents is 1. The van der Waals surface area contributed by atoms with Gasteiger partial charge in [0, 0.05) is 28.9 Å². The van der Waals surface area contributed by atoms with Gasteiger partial charge in [0.15, 0.2) is 0 Å². The Morgan fingerprint density at radius 2 is 1.38 bits per heavy atom. The molecule has 0 saturated carbocycles. The maximum atomic E-state index is 10.8. The van der Waals surface area contributed by atoms with Crippen LogP contribution in [0.4, 0.5) is 11.4 Å². The second-order valence-electron chi connectivity index (χ2n) is 5.06. The van der Waals surface area contributed by atoms with Crippen molar-refractivity contribution in [1.82, 2.24) is 0 Å². The first-order valence-corrected chi connectivity index (χ1v) is 6.84. The number of benzene rings is 2. The van der Waals surface area contributed by atoms with Crippen LogP contribution in [-0.2, 0) is 0 Å². The monoisotopic (exact) mass is 330 g/mol. The van der Waals surface area contributed by atoms with E-state index in [2.05, 4.69) is 0 Å². The summed E-state index contributed by atoms with van der Waals surface area (Å²) in [6.45, 7) is 3.41. The molecule has 126 valence electrons. The summed E-state index contributed by atoms with van der Waals surface area (Å²) >= 11 is 0. The molecular formula is C16H18N4O4. The molecule has 0 fully saturated rings. The van der Waals surface area contributed by atoms with Crippen molar-refractivity contribution in [2.45, 2.75) is 13.8 Å². The fourth-order valence-electron chi connectivity index (χ4n) is 2.00. The quantitative estimate of drug-likeness (QED) is 0.443. The highest BCUT2D eigenvalue weighted by molar-refractivity contribution is 5.95. The van der Waals surface area contributed by atoms with Crippen molar-refractivity contribution in [1.29, 1.82) is 0 Å². The number of hydrogen-bond acceptors (Lipinski definition) is 5. The molecular weight excluding hydrogens is 312 g/mol. The van der Waals surface area contributed by atoms with Crippen molar-refractivity contribution >= 4 is 23.2 Å². The van der Waals surface area contributed by atoms with Crippen LogP contribution in [0, 0.1) is 24.0 Å². The van der Waals surface area contributed by atoms with Crippen LogP contribution in [-0.4, -0.2) is 16.7 Å². The number of nitro groups is 1. The van der Waals surface area contributed by atoms with E-state index in [0.29, 0.717) is 22.4 Å². The number of rotatable bonds is 3. The van der Waals surface area contributed by atoms with Gasteiger partial charge in [-0.1, -0.05) is 0 Å². The normalized spacial score (nSPS) is 9.58. The second-order valence-corrected chi connectivity index (χ2v) is 5.06. The van der Waals surface area contributed by atoms with E-state index >= 15 is 0 Å². The number of nitro benzene ring substituents is 1. The standard InChI is InChI=1S/C8H8N2O3.C8H10N2O/c1-5-4-6(10(12)13)2-3-7(5)8(9)11;1-5-4-6(9)2-3-7(5)8(10)11/h2-4H,1H3,(H2,9,11);2-4H,9H2,1H3,(H2,10,11). The lowest BCUT2D eigenvalue weighted by Crippen LogP contribution is -2.12. The van der Waals surface area contributed by atoms with Crippen LogP contribution in [0.15, 0.2) is 36.4 Å². The number of nitrogen functional groups attached to an aromatic ring is 1. The molecule has 8 heteroatoms. The number of carbonyl (C=O) groups is 2. The first kappa shape index (κ1) is 18.6. The summed E-state index contributed by atoms with van der Waals surface area (Å²) < 4.78 is 0. The third-order valence-corrected chi connectivity index (χ3v) is 3.20. The molecule has 0 spiro atoms. The lowest BCUT2D eigenvalue weighted by atomic mass is 10.1. The van der Waals surface area contributed by atoms with Gasteiger partial charge in [-0.05, 0) is 49.2 Å². The zero-order chi connectivity index (χ0) is 18.4. The Bertz CT molecular complexity index is 803. The lowest BCUT2D eigenvalue weighted by molar-refractivity contribution is -0.384. The first-order chi connectivity index (χ1) is 11.1. The van der Waals surface area contributed by atoms with Gasteiger partial charge in [-0.2, -0.15) is 0 Å². The van der Waals surface area contributed by atoms with E-state index in [0.717, 1.165) is 5.56 Å². The summed E-state index contributed by atoms with van der Waals surface area (Å²) in [5.74, 6) is -0.991. The van der Waals surface area contributed by atoms with Crippen molar-refractivity contribution in [2.24, 2.45) is 11.5 Å². The molecule has 0 unspecified atom stereocenters. The highest BCUT2D eigenvalue weighted by Gasteiger charge is 2.10. The Morgan fingerprint density at radius 1 is 0.917 bits per heavy atom. The van der Waals surface area contributed by atoms with Crippen LogP contribution in [0.25, 0.3) is 0 Å². The first-order valence-electron chi connectivity index (χ1n) is 6.84. The number of carbonyl (C=O) groups excluding carboxylic acids is 2. The largest absolute Gasteiger partial charge is 0.399 e. The summed E-state index contributed by atoms with van der Waals surface area (Å²) in [6, 6.07) is 8.95. The van der Waals surface area contributed by atoms with Crippen molar-refractivity contribution in [3.63, 3.8) is 0 Å². The predicted octanol–water partition coefficient (Wildman–Crippen LogP) is 1.68. The van der Waals surface area contributed by atoms with Crippen LogP contribution >= 0.6 is 0 Å². The van der Waals surface area contributed by atoms with Gasteiger partial charge in [0.2, 0.25) is 11.8 Å². The Balaban J connectivity index is 0.000000243. The van der Waals surface area contributed by atoms with E-state index in [1.54, 1.807) is 32.0 Å². The number of aryl methyl sites for hydroxylation is 2. The molecule has 0 bridgehead atoms. The minimum Gasteiger partial charge on any atom is -0.399 e. The van der Waals surface area contributed by atoms with Crippen LogP contribution in [0.2, 0.25) is 0 Å². The molecule has 2 amide bonds. The second kappa shape index (κ2) is 7.73. The topological polar surface area (TPSA) is 155 Å². The van der Waals surface area contributed by atoms with E-state index in [-0.39, 0.29) is 5.69 Å². The molecule has 2 aromatic rings. The molecule has 0 aliphatic rings. The minimum absolute atomic E-state index is 0.0394. The number of primary amides is 2.